The van der Waals surface area contributed by atoms with Crippen molar-refractivity contribution >= 4 is 7.32 Å². The van der Waals surface area contributed by atoms with Crippen LogP contribution in [-0.2, 0) is 15.7 Å². The van der Waals surface area contributed by atoms with E-state index in [1.807, 2.05) is 97.1 Å². The predicted molar refractivity (Wildman–Crippen MR) is 157 cm³/mol. The number of hydrogen-bond donors (Lipinski definition) is 2. The quantitative estimate of drug-likeness (QED) is 0.238. The molecule has 4 rings (SSSR count). The molecular weight excluding hydrogens is 485 g/mol. The highest BCUT2D eigenvalue weighted by molar-refractivity contribution is 6.30. The van der Waals surface area contributed by atoms with Crippen LogP contribution in [0.2, 0.25) is 0 Å². The van der Waals surface area contributed by atoms with Gasteiger partial charge >= 0.3 is 7.32 Å². The third-order valence-corrected chi connectivity index (χ3v) is 7.07. The molecule has 0 aliphatic carbocycles. The van der Waals surface area contributed by atoms with Crippen LogP contribution in [0.15, 0.2) is 121 Å². The summed E-state index contributed by atoms with van der Waals surface area (Å²) >= 11 is 0. The van der Waals surface area contributed by atoms with Gasteiger partial charge in [-0.3, -0.25) is 0 Å². The molecule has 0 aliphatic heterocycles. The summed E-state index contributed by atoms with van der Waals surface area (Å²) in [6.45, 7) is 3.21. The average Bonchev–Trinajstić information content (AvgIpc) is 2.95. The van der Waals surface area contributed by atoms with Crippen molar-refractivity contribution < 1.29 is 24.3 Å². The van der Waals surface area contributed by atoms with Crippen molar-refractivity contribution in [2.45, 2.75) is 24.4 Å². The summed E-state index contributed by atoms with van der Waals surface area (Å²) in [5, 5.41) is 31.0. The topological polar surface area (TPSA) is 72.8 Å². The Labute approximate surface area is 233 Å². The van der Waals surface area contributed by atoms with Crippen molar-refractivity contribution in [1.29, 1.82) is 0 Å². The molecule has 39 heavy (non-hydrogen) atoms. The van der Waals surface area contributed by atoms with Crippen molar-refractivity contribution in [1.82, 2.24) is 0 Å². The molecule has 5 nitrogen and oxygen atoms in total. The third kappa shape index (κ3) is 6.85. The van der Waals surface area contributed by atoms with Gasteiger partial charge in [0.1, 0.15) is 12.1 Å². The highest BCUT2D eigenvalue weighted by Gasteiger charge is 2.55. The lowest BCUT2D eigenvalue weighted by Crippen LogP contribution is -2.57. The summed E-state index contributed by atoms with van der Waals surface area (Å²) in [6.07, 6.45) is 0.623. The Kier molecular flexibility index (Phi) is 10.6. The molecule has 0 atom stereocenters. The van der Waals surface area contributed by atoms with Crippen molar-refractivity contribution in [3.8, 4) is 0 Å². The minimum atomic E-state index is -2.23. The number of nitrogens with zero attached hydrogens (tertiary/aromatic N) is 1. The fourth-order valence-corrected chi connectivity index (χ4v) is 5.37. The molecule has 204 valence electrons. The molecule has 0 unspecified atom stereocenters. The average molecular weight is 525 g/mol. The Morgan fingerprint density at radius 2 is 1.00 bits per heavy atom. The second kappa shape index (κ2) is 13.7. The van der Waals surface area contributed by atoms with E-state index < -0.39 is 18.3 Å². The molecule has 0 radical (unpaired) electrons. The van der Waals surface area contributed by atoms with E-state index in [1.165, 1.54) is 0 Å². The van der Waals surface area contributed by atoms with E-state index in [0.717, 1.165) is 33.3 Å². The Hall–Kier alpha value is -3.26. The van der Waals surface area contributed by atoms with Crippen LogP contribution in [0.25, 0.3) is 0 Å². The van der Waals surface area contributed by atoms with E-state index in [-0.39, 0.29) is 6.61 Å². The van der Waals surface area contributed by atoms with E-state index in [9.17, 15) is 10.0 Å². The maximum absolute atomic E-state index is 12.4. The van der Waals surface area contributed by atoms with E-state index >= 15 is 0 Å². The molecule has 2 N–H and O–H groups in total. The Balaban J connectivity index is 0.000000532. The molecule has 0 amide bonds. The zero-order chi connectivity index (χ0) is 28.4. The number of benzene rings is 4. The minimum Gasteiger partial charge on any atom is -0.832 e. The van der Waals surface area contributed by atoms with Gasteiger partial charge in [0.2, 0.25) is 0 Å². The van der Waals surface area contributed by atoms with Gasteiger partial charge in [0, 0.05) is 0 Å². The van der Waals surface area contributed by atoms with E-state index in [4.69, 9.17) is 9.76 Å². The minimum absolute atomic E-state index is 0.281. The molecule has 0 aromatic heterocycles. The molecule has 0 heterocycles. The summed E-state index contributed by atoms with van der Waals surface area (Å²) in [5.41, 5.74) is 1.52. The predicted octanol–water partition coefficient (Wildman–Crippen LogP) is 4.37. The van der Waals surface area contributed by atoms with Crippen molar-refractivity contribution in [2.24, 2.45) is 0 Å². The highest BCUT2D eigenvalue weighted by atomic mass is 16.6. The first-order valence-corrected chi connectivity index (χ1v) is 13.4. The molecule has 0 bridgehead atoms. The zero-order valence-corrected chi connectivity index (χ0v) is 23.4. The van der Waals surface area contributed by atoms with E-state index in [2.05, 4.69) is 52.3 Å². The van der Waals surface area contributed by atoms with Crippen molar-refractivity contribution in [2.75, 3.05) is 34.3 Å². The number of aliphatic hydroxyl groups excluding tert-OH is 1. The molecule has 6 heteroatoms. The molecule has 0 fully saturated rings. The Morgan fingerprint density at radius 1 is 0.667 bits per heavy atom. The Bertz CT molecular complexity index is 1150. The first kappa shape index (κ1) is 30.3. The van der Waals surface area contributed by atoms with Gasteiger partial charge in [-0.15, -0.1) is 0 Å². The van der Waals surface area contributed by atoms with Gasteiger partial charge < -0.3 is 24.3 Å². The SMILES string of the molecule is CCC(c1ccccc1)(c1ccccc1)C(OB([O-])O)(c1ccccc1)c1ccccc1.C[N+](C)(C)CCO. The van der Waals surface area contributed by atoms with Crippen LogP contribution in [0.5, 0.6) is 0 Å². The van der Waals surface area contributed by atoms with Crippen LogP contribution >= 0.6 is 0 Å². The van der Waals surface area contributed by atoms with Gasteiger partial charge in [0.25, 0.3) is 0 Å². The maximum Gasteiger partial charge on any atom is 0.343 e. The molecule has 0 saturated carbocycles. The summed E-state index contributed by atoms with van der Waals surface area (Å²) in [5.74, 6) is 0. The van der Waals surface area contributed by atoms with Crippen molar-refractivity contribution in [3.05, 3.63) is 144 Å². The van der Waals surface area contributed by atoms with Gasteiger partial charge in [-0.25, -0.2) is 0 Å². The van der Waals surface area contributed by atoms with E-state index in [0.29, 0.717) is 6.42 Å². The van der Waals surface area contributed by atoms with Crippen LogP contribution in [-0.4, -0.2) is 56.2 Å². The summed E-state index contributed by atoms with van der Waals surface area (Å²) in [6, 6.07) is 39.7. The lowest BCUT2D eigenvalue weighted by molar-refractivity contribution is -0.870. The molecule has 0 spiro atoms. The number of likely N-dealkylation sites (N-methyl/N-ethyl adjacent to an activating group) is 1. The molecule has 4 aromatic rings. The second-order valence-corrected chi connectivity index (χ2v) is 10.6. The normalized spacial score (nSPS) is 11.9. The lowest BCUT2D eigenvalue weighted by Gasteiger charge is -2.53. The smallest absolute Gasteiger partial charge is 0.343 e. The standard InChI is InChI=1S/C28H26BO3.C5H14NO/c1-2-27(23-15-7-3-8-16-23,24-17-9-4-10-18-24)28(32-29(30)31,25-19-11-5-12-20-25)26-21-13-6-14-22-26;1-6(2,3)4-5-7/h3-22,30H,2H2,1H3;7H,4-5H2,1-3H3/q-1;+1. The van der Waals surface area contributed by atoms with Gasteiger partial charge in [-0.05, 0) is 28.7 Å². The van der Waals surface area contributed by atoms with Gasteiger partial charge in [0.05, 0.1) is 33.2 Å². The fourth-order valence-electron chi connectivity index (χ4n) is 5.37. The maximum atomic E-state index is 12.4. The molecular formula is C33H40BNO4. The summed E-state index contributed by atoms with van der Waals surface area (Å²) < 4.78 is 7.02. The lowest BCUT2D eigenvalue weighted by atomic mass is 9.56. The summed E-state index contributed by atoms with van der Waals surface area (Å²) in [4.78, 5) is 0. The van der Waals surface area contributed by atoms with E-state index in [1.54, 1.807) is 0 Å². The van der Waals surface area contributed by atoms with Gasteiger partial charge in [0.15, 0.2) is 0 Å². The molecule has 0 saturated heterocycles. The van der Waals surface area contributed by atoms with Crippen LogP contribution in [0, 0.1) is 0 Å². The zero-order valence-electron chi connectivity index (χ0n) is 23.4. The van der Waals surface area contributed by atoms with Crippen molar-refractivity contribution in [3.63, 3.8) is 0 Å². The van der Waals surface area contributed by atoms with Crippen LogP contribution in [0.1, 0.15) is 35.6 Å². The number of rotatable bonds is 10. The number of hydrogen-bond acceptors (Lipinski definition) is 4. The molecule has 0 aliphatic rings. The summed E-state index contributed by atoms with van der Waals surface area (Å²) in [7, 11) is 3.93. The van der Waals surface area contributed by atoms with Gasteiger partial charge in [-0.1, -0.05) is 128 Å². The molecule has 4 aromatic carbocycles. The first-order chi connectivity index (χ1) is 18.7. The first-order valence-electron chi connectivity index (χ1n) is 13.4. The van der Waals surface area contributed by atoms with Gasteiger partial charge in [-0.2, -0.15) is 0 Å². The monoisotopic (exact) mass is 525 g/mol. The fraction of sp³-hybridized carbons (Fsp3) is 0.273. The van der Waals surface area contributed by atoms with Crippen LogP contribution in [0.3, 0.4) is 0 Å². The van der Waals surface area contributed by atoms with Crippen LogP contribution < -0.4 is 5.02 Å². The van der Waals surface area contributed by atoms with Crippen LogP contribution in [0.4, 0.5) is 0 Å². The third-order valence-electron chi connectivity index (χ3n) is 7.07. The highest BCUT2D eigenvalue weighted by Crippen LogP contribution is 2.55. The number of aliphatic hydroxyl groups is 1. The second-order valence-electron chi connectivity index (χ2n) is 10.6. The number of quaternary nitrogens is 1. The largest absolute Gasteiger partial charge is 0.832 e. The Morgan fingerprint density at radius 3 is 1.23 bits per heavy atom.